The summed E-state index contributed by atoms with van der Waals surface area (Å²) in [5.74, 6) is -1.53. The standard InChI is InChI=1S/C17H20N2O5S/c1-9-12(8-25-11-4-6-18(24-3)7-5-11)15(17(22)23)19-14(9)13(10(2)20)16(19)21/h4-7,9-10,13-14,20H,8H2,1-3H3/p+1/t9-,10+,13+,14+/m0/s1. The summed E-state index contributed by atoms with van der Waals surface area (Å²) in [7, 11) is 1.57. The molecule has 134 valence electrons. The molecule has 0 bridgehead atoms. The van der Waals surface area contributed by atoms with E-state index in [-0.39, 0.29) is 23.6 Å². The molecular weight excluding hydrogens is 344 g/mol. The summed E-state index contributed by atoms with van der Waals surface area (Å²) in [4.78, 5) is 31.4. The van der Waals surface area contributed by atoms with Crippen molar-refractivity contribution in [3.63, 3.8) is 0 Å². The lowest BCUT2D eigenvalue weighted by molar-refractivity contribution is -0.885. The number of rotatable bonds is 6. The summed E-state index contributed by atoms with van der Waals surface area (Å²) >= 11 is 1.51. The third kappa shape index (κ3) is 2.89. The van der Waals surface area contributed by atoms with Crippen molar-refractivity contribution in [3.8, 4) is 0 Å². The number of nitrogens with zero attached hydrogens (tertiary/aromatic N) is 2. The van der Waals surface area contributed by atoms with Gasteiger partial charge in [0.25, 0.3) is 0 Å². The summed E-state index contributed by atoms with van der Waals surface area (Å²) in [6, 6.07) is 3.50. The van der Waals surface area contributed by atoms with Gasteiger partial charge in [0.2, 0.25) is 18.3 Å². The summed E-state index contributed by atoms with van der Waals surface area (Å²) in [6.07, 6.45) is 2.76. The quantitative estimate of drug-likeness (QED) is 0.429. The highest BCUT2D eigenvalue weighted by Gasteiger charge is 2.59. The third-order valence-electron chi connectivity index (χ3n) is 4.89. The maximum absolute atomic E-state index is 12.3. The lowest BCUT2D eigenvalue weighted by Crippen LogP contribution is -2.63. The smallest absolute Gasteiger partial charge is 0.352 e. The number of aliphatic hydroxyl groups excluding tert-OH is 1. The molecule has 7 nitrogen and oxygen atoms in total. The molecule has 25 heavy (non-hydrogen) atoms. The summed E-state index contributed by atoms with van der Waals surface area (Å²) in [6.45, 7) is 3.50. The van der Waals surface area contributed by atoms with Crippen molar-refractivity contribution in [2.24, 2.45) is 11.8 Å². The molecule has 8 heteroatoms. The number of amides is 1. The highest BCUT2D eigenvalue weighted by atomic mass is 32.2. The van der Waals surface area contributed by atoms with Crippen LogP contribution < -0.4 is 9.57 Å². The van der Waals surface area contributed by atoms with Crippen molar-refractivity contribution >= 4 is 23.6 Å². The second-order valence-corrected chi connectivity index (χ2v) is 7.35. The van der Waals surface area contributed by atoms with Crippen molar-refractivity contribution in [1.82, 2.24) is 4.90 Å². The molecular formula is C17H21N2O5S+. The SMILES string of the molecule is CO[n+]1ccc(SCC2=C(C(=O)O)N3C(=O)[C@H]([C@@H](C)O)[C@H]3[C@H]2C)cc1. The van der Waals surface area contributed by atoms with Gasteiger partial charge in [0.15, 0.2) is 0 Å². The van der Waals surface area contributed by atoms with E-state index in [2.05, 4.69) is 0 Å². The molecule has 2 aliphatic rings. The van der Waals surface area contributed by atoms with Crippen LogP contribution in [0.2, 0.25) is 0 Å². The summed E-state index contributed by atoms with van der Waals surface area (Å²) < 4.78 is 1.56. The molecule has 0 radical (unpaired) electrons. The van der Waals surface area contributed by atoms with Crippen LogP contribution in [0.1, 0.15) is 13.8 Å². The lowest BCUT2D eigenvalue weighted by atomic mass is 9.78. The van der Waals surface area contributed by atoms with Gasteiger partial charge in [-0.15, -0.1) is 11.8 Å². The average molecular weight is 365 g/mol. The number of β-lactam (4-membered cyclic amide) rings is 1. The Morgan fingerprint density at radius 2 is 2.08 bits per heavy atom. The van der Waals surface area contributed by atoms with E-state index in [1.54, 1.807) is 31.2 Å². The van der Waals surface area contributed by atoms with Crippen LogP contribution in [0.4, 0.5) is 0 Å². The number of hydrogen-bond donors (Lipinski definition) is 2. The van der Waals surface area contributed by atoms with Gasteiger partial charge in [0.1, 0.15) is 12.8 Å². The van der Waals surface area contributed by atoms with Gasteiger partial charge < -0.3 is 15.1 Å². The Hall–Kier alpha value is -2.06. The Balaban J connectivity index is 1.81. The first-order valence-corrected chi connectivity index (χ1v) is 9.01. The highest BCUT2D eigenvalue weighted by molar-refractivity contribution is 7.99. The van der Waals surface area contributed by atoms with E-state index in [0.29, 0.717) is 5.75 Å². The molecule has 2 aliphatic heterocycles. The zero-order valence-electron chi connectivity index (χ0n) is 14.2. The van der Waals surface area contributed by atoms with Crippen LogP contribution in [0, 0.1) is 11.8 Å². The highest BCUT2D eigenvalue weighted by Crippen LogP contribution is 2.48. The van der Waals surface area contributed by atoms with Crippen molar-refractivity contribution in [2.75, 3.05) is 12.9 Å². The largest absolute Gasteiger partial charge is 0.477 e. The number of aromatic nitrogens is 1. The molecule has 1 fully saturated rings. The average Bonchev–Trinajstić information content (AvgIpc) is 2.82. The molecule has 4 atom stereocenters. The van der Waals surface area contributed by atoms with Gasteiger partial charge in [-0.1, -0.05) is 6.92 Å². The van der Waals surface area contributed by atoms with Gasteiger partial charge >= 0.3 is 5.97 Å². The van der Waals surface area contributed by atoms with Crippen molar-refractivity contribution in [2.45, 2.75) is 30.9 Å². The van der Waals surface area contributed by atoms with E-state index in [1.807, 2.05) is 19.1 Å². The maximum Gasteiger partial charge on any atom is 0.352 e. The molecule has 3 heterocycles. The molecule has 1 aromatic rings. The maximum atomic E-state index is 12.3. The van der Waals surface area contributed by atoms with E-state index in [4.69, 9.17) is 4.84 Å². The number of thioether (sulfide) groups is 1. The van der Waals surface area contributed by atoms with Crippen LogP contribution in [-0.4, -0.2) is 52.0 Å². The molecule has 0 unspecified atom stereocenters. The van der Waals surface area contributed by atoms with E-state index in [0.717, 1.165) is 10.5 Å². The second kappa shape index (κ2) is 6.68. The number of carboxylic acid groups (broad SMARTS) is 1. The van der Waals surface area contributed by atoms with E-state index < -0.39 is 18.0 Å². The van der Waals surface area contributed by atoms with Crippen LogP contribution in [0.15, 0.2) is 40.7 Å². The number of aliphatic hydroxyl groups is 1. The predicted octanol–water partition coefficient (Wildman–Crippen LogP) is 0.321. The fraction of sp³-hybridized carbons (Fsp3) is 0.471. The molecule has 1 aromatic heterocycles. The number of fused-ring (bicyclic) bond motifs is 1. The number of pyridine rings is 1. The molecule has 3 rings (SSSR count). The molecule has 1 amide bonds. The first-order chi connectivity index (χ1) is 11.9. The monoisotopic (exact) mass is 365 g/mol. The number of carbonyl (C=O) groups is 2. The van der Waals surface area contributed by atoms with Gasteiger partial charge in [-0.2, -0.15) is 0 Å². The topological polar surface area (TPSA) is 91.0 Å². The fourth-order valence-corrected chi connectivity index (χ4v) is 4.65. The molecule has 2 N–H and O–H groups in total. The minimum absolute atomic E-state index is 0.0785. The van der Waals surface area contributed by atoms with Gasteiger partial charge in [-0.25, -0.2) is 4.79 Å². The van der Waals surface area contributed by atoms with Gasteiger partial charge in [0, 0.05) is 33.4 Å². The van der Waals surface area contributed by atoms with E-state index in [9.17, 15) is 19.8 Å². The van der Waals surface area contributed by atoms with Gasteiger partial charge in [-0.05, 0) is 12.5 Å². The van der Waals surface area contributed by atoms with Gasteiger partial charge in [0.05, 0.1) is 18.1 Å². The van der Waals surface area contributed by atoms with Crippen molar-refractivity contribution in [3.05, 3.63) is 35.8 Å². The van der Waals surface area contributed by atoms with Gasteiger partial charge in [-0.3, -0.25) is 9.63 Å². The van der Waals surface area contributed by atoms with E-state index in [1.165, 1.54) is 16.7 Å². The molecule has 0 aromatic carbocycles. The third-order valence-corrected chi connectivity index (χ3v) is 5.96. The first kappa shape index (κ1) is 17.8. The Kier molecular flexibility index (Phi) is 4.75. The van der Waals surface area contributed by atoms with Crippen LogP contribution in [0.5, 0.6) is 0 Å². The molecule has 0 spiro atoms. The minimum atomic E-state index is -1.09. The Labute approximate surface area is 149 Å². The molecule has 0 saturated carbocycles. The number of carboxylic acids is 1. The Morgan fingerprint density at radius 1 is 1.44 bits per heavy atom. The first-order valence-electron chi connectivity index (χ1n) is 8.03. The number of hydrogen-bond acceptors (Lipinski definition) is 5. The fourth-order valence-electron chi connectivity index (χ4n) is 3.61. The lowest BCUT2D eigenvalue weighted by Gasteiger charge is -2.46. The number of aliphatic carboxylic acids is 1. The van der Waals surface area contributed by atoms with Crippen LogP contribution >= 0.6 is 11.8 Å². The van der Waals surface area contributed by atoms with Crippen molar-refractivity contribution in [1.29, 1.82) is 0 Å². The zero-order valence-corrected chi connectivity index (χ0v) is 15.1. The minimum Gasteiger partial charge on any atom is -0.477 e. The molecule has 0 aliphatic carbocycles. The summed E-state index contributed by atoms with van der Waals surface area (Å²) in [5, 5.41) is 19.4. The van der Waals surface area contributed by atoms with Crippen molar-refractivity contribution < 1.29 is 29.4 Å². The molecule has 1 saturated heterocycles. The normalized spacial score (nSPS) is 26.3. The van der Waals surface area contributed by atoms with E-state index >= 15 is 0 Å². The van der Waals surface area contributed by atoms with Crippen LogP contribution in [-0.2, 0) is 9.59 Å². The Bertz CT molecular complexity index is 731. The second-order valence-electron chi connectivity index (χ2n) is 6.30. The summed E-state index contributed by atoms with van der Waals surface area (Å²) in [5.41, 5.74) is 0.817. The predicted molar refractivity (Wildman–Crippen MR) is 89.5 cm³/mol. The van der Waals surface area contributed by atoms with Crippen LogP contribution in [0.25, 0.3) is 0 Å². The zero-order chi connectivity index (χ0) is 18.3. The van der Waals surface area contributed by atoms with Crippen LogP contribution in [0.3, 0.4) is 0 Å². The number of carbonyl (C=O) groups excluding carboxylic acids is 1. The Morgan fingerprint density at radius 3 is 2.60 bits per heavy atom.